The topological polar surface area (TPSA) is 52.6 Å². The number of benzene rings is 1. The molecule has 0 spiro atoms. The number of hydrogen-bond donors (Lipinski definition) is 0. The Morgan fingerprint density at radius 3 is 1.80 bits per heavy atom. The molecule has 1 aliphatic rings. The van der Waals surface area contributed by atoms with Crippen LogP contribution in [0.5, 0.6) is 0 Å². The molecular weight excluding hydrogens is 255 g/mol. The molecule has 0 saturated carbocycles. The largest absolute Gasteiger partial charge is 0.494 e. The van der Waals surface area contributed by atoms with Crippen LogP contribution in [-0.2, 0) is 18.9 Å². The van der Waals surface area contributed by atoms with E-state index in [0.29, 0.717) is 0 Å². The summed E-state index contributed by atoms with van der Waals surface area (Å²) in [7, 11) is -0.251. The van der Waals surface area contributed by atoms with Gasteiger partial charge in [-0.2, -0.15) is 9.59 Å². The van der Waals surface area contributed by atoms with E-state index in [1.54, 1.807) is 0 Å². The fraction of sp³-hybridized carbons (Fsp3) is 0.533. The van der Waals surface area contributed by atoms with Crippen molar-refractivity contribution in [1.29, 1.82) is 0 Å². The molecule has 108 valence electrons. The van der Waals surface area contributed by atoms with E-state index in [2.05, 4.69) is 59.7 Å². The predicted octanol–water partition coefficient (Wildman–Crippen LogP) is 2.02. The lowest BCUT2D eigenvalue weighted by Gasteiger charge is -2.32. The van der Waals surface area contributed by atoms with Crippen molar-refractivity contribution in [1.82, 2.24) is 0 Å². The molecule has 5 heteroatoms. The van der Waals surface area contributed by atoms with Gasteiger partial charge in [-0.25, -0.2) is 0 Å². The molecule has 1 aromatic carbocycles. The van der Waals surface area contributed by atoms with Gasteiger partial charge in [0.15, 0.2) is 0 Å². The summed E-state index contributed by atoms with van der Waals surface area (Å²) in [5.74, 6) is 0. The van der Waals surface area contributed by atoms with Crippen LogP contribution >= 0.6 is 0 Å². The molecule has 0 unspecified atom stereocenters. The van der Waals surface area contributed by atoms with Gasteiger partial charge in [-0.15, -0.1) is 0 Å². The monoisotopic (exact) mass is 276 g/mol. The third-order valence-electron chi connectivity index (χ3n) is 4.06. The molecular formula is C15H21BO4. The summed E-state index contributed by atoms with van der Waals surface area (Å²) in [6.07, 6.45) is 0.250. The van der Waals surface area contributed by atoms with Crippen molar-refractivity contribution in [3.63, 3.8) is 0 Å². The zero-order chi connectivity index (χ0) is 15.6. The van der Waals surface area contributed by atoms with Gasteiger partial charge in [-0.3, -0.25) is 0 Å². The Kier molecular flexibility index (Phi) is 4.92. The number of aryl methyl sites for hydroxylation is 2. The number of hydrogen-bond acceptors (Lipinski definition) is 4. The van der Waals surface area contributed by atoms with Crippen LogP contribution in [0.4, 0.5) is 0 Å². The van der Waals surface area contributed by atoms with Crippen LogP contribution in [0.3, 0.4) is 0 Å². The quantitative estimate of drug-likeness (QED) is 0.736. The zero-order valence-corrected chi connectivity index (χ0v) is 12.9. The summed E-state index contributed by atoms with van der Waals surface area (Å²) >= 11 is 0. The highest BCUT2D eigenvalue weighted by molar-refractivity contribution is 6.62. The predicted molar refractivity (Wildman–Crippen MR) is 76.6 cm³/mol. The Morgan fingerprint density at radius 1 is 0.950 bits per heavy atom. The van der Waals surface area contributed by atoms with Crippen LogP contribution in [0.1, 0.15) is 38.8 Å². The molecule has 20 heavy (non-hydrogen) atoms. The summed E-state index contributed by atoms with van der Waals surface area (Å²) in [6.45, 7) is 12.5. The van der Waals surface area contributed by atoms with Crippen molar-refractivity contribution in [2.75, 3.05) is 0 Å². The minimum Gasteiger partial charge on any atom is -0.399 e. The van der Waals surface area contributed by atoms with Crippen molar-refractivity contribution in [3.05, 3.63) is 29.3 Å². The third kappa shape index (κ3) is 3.37. The molecule has 4 nitrogen and oxygen atoms in total. The van der Waals surface area contributed by atoms with E-state index in [9.17, 15) is 0 Å². The Hall–Kier alpha value is -1.42. The summed E-state index contributed by atoms with van der Waals surface area (Å²) in [5.41, 5.74) is 3.14. The highest BCUT2D eigenvalue weighted by Gasteiger charge is 2.51. The molecule has 0 N–H and O–H groups in total. The van der Waals surface area contributed by atoms with Gasteiger partial charge >= 0.3 is 13.3 Å². The SMILES string of the molecule is Cc1ccc(B2OC(C)(C)C(C)(C)O2)cc1C.O=C=O. The molecule has 1 aliphatic heterocycles. The van der Waals surface area contributed by atoms with E-state index in [-0.39, 0.29) is 24.5 Å². The van der Waals surface area contributed by atoms with Gasteiger partial charge in [0.25, 0.3) is 0 Å². The van der Waals surface area contributed by atoms with E-state index in [0.717, 1.165) is 5.46 Å². The van der Waals surface area contributed by atoms with Gasteiger partial charge in [-0.1, -0.05) is 18.2 Å². The molecule has 0 radical (unpaired) electrons. The van der Waals surface area contributed by atoms with Crippen LogP contribution in [0, 0.1) is 13.8 Å². The van der Waals surface area contributed by atoms with Gasteiger partial charge in [0.1, 0.15) is 0 Å². The fourth-order valence-corrected chi connectivity index (χ4v) is 1.89. The lowest BCUT2D eigenvalue weighted by Crippen LogP contribution is -2.41. The molecule has 0 bridgehead atoms. The van der Waals surface area contributed by atoms with E-state index >= 15 is 0 Å². The van der Waals surface area contributed by atoms with E-state index < -0.39 is 0 Å². The number of rotatable bonds is 1. The highest BCUT2D eigenvalue weighted by atomic mass is 16.7. The summed E-state index contributed by atoms with van der Waals surface area (Å²) in [4.78, 5) is 16.2. The standard InChI is InChI=1S/C14H21BO2.CO2/c1-10-7-8-12(9-11(10)2)15-16-13(3,4)14(5,6)17-15;2-1-3/h7-9H,1-6H3;. The second-order valence-corrected chi connectivity index (χ2v) is 6.02. The zero-order valence-electron chi connectivity index (χ0n) is 12.9. The van der Waals surface area contributed by atoms with Gasteiger partial charge < -0.3 is 9.31 Å². The van der Waals surface area contributed by atoms with Crippen molar-refractivity contribution in [2.45, 2.75) is 52.7 Å². The van der Waals surface area contributed by atoms with Crippen molar-refractivity contribution < 1.29 is 18.9 Å². The van der Waals surface area contributed by atoms with Crippen LogP contribution in [0.15, 0.2) is 18.2 Å². The number of carbonyl (C=O) groups excluding carboxylic acids is 2. The highest BCUT2D eigenvalue weighted by Crippen LogP contribution is 2.36. The molecule has 0 aromatic heterocycles. The Bertz CT molecular complexity index is 501. The van der Waals surface area contributed by atoms with Gasteiger partial charge in [0.05, 0.1) is 11.2 Å². The average Bonchev–Trinajstić information content (AvgIpc) is 2.53. The maximum absolute atomic E-state index is 8.12. The van der Waals surface area contributed by atoms with Crippen molar-refractivity contribution >= 4 is 18.7 Å². The lowest BCUT2D eigenvalue weighted by molar-refractivity contribution is -0.191. The van der Waals surface area contributed by atoms with Gasteiger partial charge in [-0.05, 0) is 58.1 Å². The minimum absolute atomic E-state index is 0.250. The van der Waals surface area contributed by atoms with Crippen molar-refractivity contribution in [3.8, 4) is 0 Å². The first-order chi connectivity index (χ1) is 9.14. The molecule has 0 atom stereocenters. The maximum Gasteiger partial charge on any atom is 0.494 e. The van der Waals surface area contributed by atoms with Gasteiger partial charge in [0.2, 0.25) is 0 Å². The maximum atomic E-state index is 8.12. The molecule has 1 fully saturated rings. The van der Waals surface area contributed by atoms with Crippen LogP contribution in [0.2, 0.25) is 0 Å². The van der Waals surface area contributed by atoms with E-state index in [1.807, 2.05) is 0 Å². The first-order valence-corrected chi connectivity index (χ1v) is 6.56. The first kappa shape index (κ1) is 16.6. The Morgan fingerprint density at radius 2 is 1.40 bits per heavy atom. The molecule has 1 saturated heterocycles. The fourth-order valence-electron chi connectivity index (χ4n) is 1.89. The van der Waals surface area contributed by atoms with Crippen LogP contribution in [-0.4, -0.2) is 24.5 Å². The Balaban J connectivity index is 0.000000612. The Labute approximate surface area is 120 Å². The van der Waals surface area contributed by atoms with E-state index in [1.165, 1.54) is 11.1 Å². The molecule has 0 aliphatic carbocycles. The van der Waals surface area contributed by atoms with Crippen molar-refractivity contribution in [2.24, 2.45) is 0 Å². The molecule has 2 rings (SSSR count). The summed E-state index contributed by atoms with van der Waals surface area (Å²) in [5, 5.41) is 0. The molecule has 1 heterocycles. The normalized spacial score (nSPS) is 19.0. The first-order valence-electron chi connectivity index (χ1n) is 6.56. The third-order valence-corrected chi connectivity index (χ3v) is 4.06. The second kappa shape index (κ2) is 5.92. The average molecular weight is 276 g/mol. The molecule has 0 amide bonds. The molecule has 1 aromatic rings. The minimum atomic E-state index is -0.267. The van der Waals surface area contributed by atoms with Gasteiger partial charge in [0, 0.05) is 0 Å². The summed E-state index contributed by atoms with van der Waals surface area (Å²) < 4.78 is 12.0. The smallest absolute Gasteiger partial charge is 0.399 e. The van der Waals surface area contributed by atoms with Crippen LogP contribution < -0.4 is 5.46 Å². The summed E-state index contributed by atoms with van der Waals surface area (Å²) in [6, 6.07) is 6.36. The van der Waals surface area contributed by atoms with E-state index in [4.69, 9.17) is 18.9 Å². The lowest BCUT2D eigenvalue weighted by atomic mass is 9.78. The second-order valence-electron chi connectivity index (χ2n) is 6.02. The van der Waals surface area contributed by atoms with Crippen LogP contribution in [0.25, 0.3) is 0 Å².